The van der Waals surface area contributed by atoms with Crippen LogP contribution < -0.4 is 10.1 Å². The van der Waals surface area contributed by atoms with Gasteiger partial charge in [0.25, 0.3) is 0 Å². The van der Waals surface area contributed by atoms with Crippen LogP contribution in [0.4, 0.5) is 0 Å². The molecule has 2 aliphatic rings. The number of carbonyl (C=O) groups excluding carboxylic acids is 1. The minimum Gasteiger partial charge on any atom is -0.473 e. The molecule has 1 aliphatic carbocycles. The average molecular weight is 387 g/mol. The summed E-state index contributed by atoms with van der Waals surface area (Å²) in [5, 5.41) is 4.01. The topological polar surface area (TPSA) is 51.2 Å². The minimum atomic E-state index is 0.134. The van der Waals surface area contributed by atoms with Crippen molar-refractivity contribution in [3.05, 3.63) is 58.8 Å². The monoisotopic (exact) mass is 386 g/mol. The molecule has 1 aromatic heterocycles. The molecular formula is C22H27ClN2O2. The molecule has 27 heavy (non-hydrogen) atoms. The highest BCUT2D eigenvalue weighted by Crippen LogP contribution is 2.32. The van der Waals surface area contributed by atoms with E-state index in [1.165, 1.54) is 0 Å². The number of aromatic nitrogens is 1. The van der Waals surface area contributed by atoms with Crippen LogP contribution in [0.2, 0.25) is 0 Å². The van der Waals surface area contributed by atoms with Crippen molar-refractivity contribution in [2.45, 2.75) is 38.5 Å². The summed E-state index contributed by atoms with van der Waals surface area (Å²) in [5.41, 5.74) is 2.43. The van der Waals surface area contributed by atoms with Gasteiger partial charge in [-0.15, -0.1) is 0 Å². The Morgan fingerprint density at radius 2 is 2.04 bits per heavy atom. The third-order valence-electron chi connectivity index (χ3n) is 5.07. The Morgan fingerprint density at radius 3 is 2.70 bits per heavy atom. The number of ether oxygens (including phenoxy) is 1. The van der Waals surface area contributed by atoms with E-state index in [4.69, 9.17) is 16.3 Å². The summed E-state index contributed by atoms with van der Waals surface area (Å²) < 4.78 is 5.88. The number of allylic oxidation sites excluding steroid dienone is 3. The van der Waals surface area contributed by atoms with Crippen molar-refractivity contribution in [2.75, 3.05) is 19.7 Å². The number of halogens is 1. The van der Waals surface area contributed by atoms with Crippen LogP contribution in [-0.2, 0) is 4.79 Å². The number of piperidine rings is 1. The summed E-state index contributed by atoms with van der Waals surface area (Å²) in [4.78, 5) is 16.7. The Morgan fingerprint density at radius 1 is 1.30 bits per heavy atom. The van der Waals surface area contributed by atoms with Crippen molar-refractivity contribution in [1.29, 1.82) is 0 Å². The van der Waals surface area contributed by atoms with Gasteiger partial charge in [0, 0.05) is 39.8 Å². The van der Waals surface area contributed by atoms with Gasteiger partial charge in [0.2, 0.25) is 5.88 Å². The Hall–Kier alpha value is -1.91. The lowest BCUT2D eigenvalue weighted by Gasteiger charge is -2.22. The third kappa shape index (κ3) is 5.78. The number of hydrogen-bond acceptors (Lipinski definition) is 4. The van der Waals surface area contributed by atoms with E-state index in [1.807, 2.05) is 25.1 Å². The van der Waals surface area contributed by atoms with Crippen LogP contribution in [0.1, 0.15) is 44.2 Å². The van der Waals surface area contributed by atoms with E-state index in [9.17, 15) is 4.79 Å². The van der Waals surface area contributed by atoms with Gasteiger partial charge in [0.15, 0.2) is 5.78 Å². The highest BCUT2D eigenvalue weighted by atomic mass is 35.5. The van der Waals surface area contributed by atoms with Gasteiger partial charge >= 0.3 is 0 Å². The van der Waals surface area contributed by atoms with Gasteiger partial charge < -0.3 is 10.1 Å². The third-order valence-corrected chi connectivity index (χ3v) is 5.31. The van der Waals surface area contributed by atoms with Crippen LogP contribution in [0.15, 0.2) is 53.1 Å². The van der Waals surface area contributed by atoms with Crippen LogP contribution in [0.5, 0.6) is 5.88 Å². The van der Waals surface area contributed by atoms with E-state index >= 15 is 0 Å². The van der Waals surface area contributed by atoms with E-state index < -0.39 is 0 Å². The smallest absolute Gasteiger partial charge is 0.213 e. The van der Waals surface area contributed by atoms with Crippen LogP contribution in [0, 0.1) is 5.92 Å². The summed E-state index contributed by atoms with van der Waals surface area (Å²) in [5.74, 6) is 1.39. The molecule has 2 heterocycles. The fourth-order valence-electron chi connectivity index (χ4n) is 3.16. The molecule has 4 nitrogen and oxygen atoms in total. The lowest BCUT2D eigenvalue weighted by Crippen LogP contribution is -2.27. The zero-order valence-electron chi connectivity index (χ0n) is 15.8. The first-order chi connectivity index (χ1) is 13.0. The van der Waals surface area contributed by atoms with Gasteiger partial charge in [-0.1, -0.05) is 36.4 Å². The van der Waals surface area contributed by atoms with Crippen molar-refractivity contribution in [3.8, 4) is 5.88 Å². The molecule has 5 heteroatoms. The minimum absolute atomic E-state index is 0.134. The van der Waals surface area contributed by atoms with E-state index in [1.54, 1.807) is 6.08 Å². The number of hydrogen-bond donors (Lipinski definition) is 1. The van der Waals surface area contributed by atoms with Crippen molar-refractivity contribution in [3.63, 3.8) is 0 Å². The molecule has 144 valence electrons. The molecule has 0 bridgehead atoms. The van der Waals surface area contributed by atoms with Gasteiger partial charge in [-0.3, -0.25) is 4.79 Å². The Bertz CT molecular complexity index is 755. The molecule has 0 amide bonds. The largest absolute Gasteiger partial charge is 0.473 e. The van der Waals surface area contributed by atoms with E-state index in [0.29, 0.717) is 29.0 Å². The lowest BCUT2D eigenvalue weighted by atomic mass is 9.94. The number of ketones is 1. The van der Waals surface area contributed by atoms with Crippen molar-refractivity contribution < 1.29 is 9.53 Å². The van der Waals surface area contributed by atoms with Crippen molar-refractivity contribution in [2.24, 2.45) is 5.92 Å². The maximum atomic E-state index is 12.0. The fraction of sp³-hybridized carbons (Fsp3) is 0.455. The van der Waals surface area contributed by atoms with Crippen LogP contribution >= 0.6 is 11.6 Å². The number of nitrogens with one attached hydrogen (secondary N) is 1. The number of Topliss-reactive ketones (excluding diaryl/α,β-unsaturated/α-hetero) is 1. The number of pyridine rings is 1. The Kier molecular flexibility index (Phi) is 6.86. The molecule has 0 radical (unpaired) electrons. The van der Waals surface area contributed by atoms with Gasteiger partial charge in [0.1, 0.15) is 6.61 Å². The van der Waals surface area contributed by atoms with Gasteiger partial charge in [-0.25, -0.2) is 4.98 Å². The molecule has 0 spiro atoms. The zero-order valence-corrected chi connectivity index (χ0v) is 16.6. The summed E-state index contributed by atoms with van der Waals surface area (Å²) in [6.07, 6.45) is 7.71. The first kappa shape index (κ1) is 19.8. The summed E-state index contributed by atoms with van der Waals surface area (Å²) in [7, 11) is 0. The molecule has 1 saturated heterocycles. The molecule has 3 rings (SSSR count). The maximum Gasteiger partial charge on any atom is 0.213 e. The van der Waals surface area contributed by atoms with E-state index in [0.717, 1.165) is 50.0 Å². The summed E-state index contributed by atoms with van der Waals surface area (Å²) in [6, 6.07) is 5.92. The molecular weight excluding hydrogens is 360 g/mol. The molecule has 1 aromatic rings. The summed E-state index contributed by atoms with van der Waals surface area (Å²) >= 11 is 6.21. The van der Waals surface area contributed by atoms with Crippen LogP contribution in [0.3, 0.4) is 0 Å². The second-order valence-corrected chi connectivity index (χ2v) is 7.84. The molecule has 2 fully saturated rings. The normalized spacial score (nSPS) is 19.0. The van der Waals surface area contributed by atoms with Crippen molar-refractivity contribution >= 4 is 17.4 Å². The van der Waals surface area contributed by atoms with Crippen LogP contribution in [-0.4, -0.2) is 30.5 Å². The average Bonchev–Trinajstić information content (AvgIpc) is 3.53. The lowest BCUT2D eigenvalue weighted by molar-refractivity contribution is -0.116. The van der Waals surface area contributed by atoms with Crippen molar-refractivity contribution in [1.82, 2.24) is 10.3 Å². The second kappa shape index (κ2) is 9.34. The van der Waals surface area contributed by atoms with E-state index in [-0.39, 0.29) is 11.7 Å². The molecule has 0 atom stereocenters. The first-order valence-electron chi connectivity index (χ1n) is 9.61. The zero-order chi connectivity index (χ0) is 19.2. The molecule has 0 unspecified atom stereocenters. The van der Waals surface area contributed by atoms with Gasteiger partial charge in [0.05, 0.1) is 0 Å². The predicted octanol–water partition coefficient (Wildman–Crippen LogP) is 4.53. The standard InChI is InChI=1S/C22H27ClN2O2/c1-15(22(26)18-8-9-18)6-7-19(16(2)23)14-27-21-5-3-4-20(25-21)17-10-12-24-13-11-17/h3-7,17-18,24H,1,8-14H2,2H3/b7-6-,19-16-. The summed E-state index contributed by atoms with van der Waals surface area (Å²) in [6.45, 7) is 8.05. The van der Waals surface area contributed by atoms with Gasteiger partial charge in [-0.2, -0.15) is 0 Å². The second-order valence-electron chi connectivity index (χ2n) is 7.27. The van der Waals surface area contributed by atoms with E-state index in [2.05, 4.69) is 22.9 Å². The number of rotatable bonds is 8. The molecule has 0 aromatic carbocycles. The highest BCUT2D eigenvalue weighted by molar-refractivity contribution is 6.29. The Balaban J connectivity index is 1.60. The Labute approximate surface area is 166 Å². The molecule has 1 N–H and O–H groups in total. The SMILES string of the molecule is C=C(/C=C\C(COc1cccc(C2CCNCC2)n1)=C(/C)Cl)C(=O)C1CC1. The number of nitrogens with zero attached hydrogens (tertiary/aromatic N) is 1. The van der Waals surface area contributed by atoms with Crippen LogP contribution in [0.25, 0.3) is 0 Å². The first-order valence-corrected chi connectivity index (χ1v) is 9.99. The highest BCUT2D eigenvalue weighted by Gasteiger charge is 2.30. The molecule has 1 saturated carbocycles. The quantitative estimate of drug-likeness (QED) is 0.526. The maximum absolute atomic E-state index is 12.0. The number of carbonyl (C=O) groups is 1. The predicted molar refractivity (Wildman–Crippen MR) is 109 cm³/mol. The molecule has 1 aliphatic heterocycles. The fourth-order valence-corrected chi connectivity index (χ4v) is 3.28. The van der Waals surface area contributed by atoms with Gasteiger partial charge in [-0.05, 0) is 51.8 Å².